The second-order valence-electron chi connectivity index (χ2n) is 4.91. The quantitative estimate of drug-likeness (QED) is 0.721. The molecule has 21 heavy (non-hydrogen) atoms. The maximum Gasteiger partial charge on any atom is 0.230 e. The van der Waals surface area contributed by atoms with Gasteiger partial charge in [-0.1, -0.05) is 37.6 Å². The molecule has 4 nitrogen and oxygen atoms in total. The Labute approximate surface area is 135 Å². The number of thioether (sulfide) groups is 1. The summed E-state index contributed by atoms with van der Waals surface area (Å²) in [5.74, 6) is 1.12. The smallest absolute Gasteiger partial charge is 0.230 e. The highest BCUT2D eigenvalue weighted by atomic mass is 35.5. The standard InChI is InChI=1S/C15H21ClN2O2S/c1-11(2)15(20)18-8-7-17-14(19)10-21-9-12-3-5-13(16)6-4-12/h3-6,11H,7-10H2,1-2H3,(H,17,19)(H,18,20). The zero-order chi connectivity index (χ0) is 15.7. The third-order valence-electron chi connectivity index (χ3n) is 2.69. The highest BCUT2D eigenvalue weighted by Crippen LogP contribution is 2.15. The molecule has 0 fully saturated rings. The minimum atomic E-state index is -0.0318. The van der Waals surface area contributed by atoms with Crippen molar-refractivity contribution in [1.82, 2.24) is 10.6 Å². The maximum absolute atomic E-state index is 11.6. The highest BCUT2D eigenvalue weighted by Gasteiger charge is 2.06. The fourth-order valence-electron chi connectivity index (χ4n) is 1.48. The van der Waals surface area contributed by atoms with Gasteiger partial charge in [-0.2, -0.15) is 0 Å². The van der Waals surface area contributed by atoms with Crippen LogP contribution in [0.4, 0.5) is 0 Å². The Morgan fingerprint density at radius 3 is 2.38 bits per heavy atom. The van der Waals surface area contributed by atoms with E-state index in [1.165, 1.54) is 0 Å². The summed E-state index contributed by atoms with van der Waals surface area (Å²) in [5.41, 5.74) is 1.14. The summed E-state index contributed by atoms with van der Waals surface area (Å²) in [5, 5.41) is 6.24. The van der Waals surface area contributed by atoms with Gasteiger partial charge in [0.25, 0.3) is 0 Å². The van der Waals surface area contributed by atoms with Gasteiger partial charge in [-0.25, -0.2) is 0 Å². The number of carbonyl (C=O) groups excluding carboxylic acids is 2. The average Bonchev–Trinajstić information content (AvgIpc) is 2.45. The molecule has 1 aromatic rings. The van der Waals surface area contributed by atoms with Crippen LogP contribution < -0.4 is 10.6 Å². The van der Waals surface area contributed by atoms with E-state index in [1.807, 2.05) is 38.1 Å². The Kier molecular flexibility index (Phi) is 8.23. The molecule has 0 bridgehead atoms. The van der Waals surface area contributed by atoms with Crippen LogP contribution >= 0.6 is 23.4 Å². The average molecular weight is 329 g/mol. The van der Waals surface area contributed by atoms with Crippen molar-refractivity contribution in [1.29, 1.82) is 0 Å². The number of hydrogen-bond donors (Lipinski definition) is 2. The lowest BCUT2D eigenvalue weighted by atomic mass is 10.2. The van der Waals surface area contributed by atoms with Crippen LogP contribution in [0, 0.1) is 5.92 Å². The molecular weight excluding hydrogens is 308 g/mol. The van der Waals surface area contributed by atoms with Crippen molar-refractivity contribution in [2.75, 3.05) is 18.8 Å². The van der Waals surface area contributed by atoms with Crippen LogP contribution in [-0.2, 0) is 15.3 Å². The Morgan fingerprint density at radius 2 is 1.76 bits per heavy atom. The molecule has 2 N–H and O–H groups in total. The van der Waals surface area contributed by atoms with Crippen LogP contribution in [0.1, 0.15) is 19.4 Å². The maximum atomic E-state index is 11.6. The molecule has 0 aliphatic rings. The van der Waals surface area contributed by atoms with Crippen LogP contribution in [0.25, 0.3) is 0 Å². The first-order valence-corrected chi connectivity index (χ1v) is 8.39. The minimum Gasteiger partial charge on any atom is -0.354 e. The van der Waals surface area contributed by atoms with Crippen LogP contribution in [-0.4, -0.2) is 30.7 Å². The van der Waals surface area contributed by atoms with Crippen LogP contribution in [0.5, 0.6) is 0 Å². The Morgan fingerprint density at radius 1 is 1.14 bits per heavy atom. The van der Waals surface area contributed by atoms with Crippen molar-refractivity contribution in [2.45, 2.75) is 19.6 Å². The van der Waals surface area contributed by atoms with Gasteiger partial charge in [0.05, 0.1) is 5.75 Å². The zero-order valence-corrected chi connectivity index (χ0v) is 13.9. The van der Waals surface area contributed by atoms with Crippen LogP contribution in [0.15, 0.2) is 24.3 Å². The van der Waals surface area contributed by atoms with Crippen molar-refractivity contribution >= 4 is 35.2 Å². The monoisotopic (exact) mass is 328 g/mol. The fourth-order valence-corrected chi connectivity index (χ4v) is 2.43. The van der Waals surface area contributed by atoms with Gasteiger partial charge >= 0.3 is 0 Å². The van der Waals surface area contributed by atoms with Crippen molar-refractivity contribution in [3.05, 3.63) is 34.9 Å². The number of nitrogens with one attached hydrogen (secondary N) is 2. The van der Waals surface area contributed by atoms with Crippen molar-refractivity contribution in [3.63, 3.8) is 0 Å². The molecule has 0 spiro atoms. The van der Waals surface area contributed by atoms with E-state index in [0.29, 0.717) is 23.9 Å². The molecule has 1 rings (SSSR count). The van der Waals surface area contributed by atoms with Crippen LogP contribution in [0.2, 0.25) is 5.02 Å². The first kappa shape index (κ1) is 17.9. The molecule has 0 unspecified atom stereocenters. The normalized spacial score (nSPS) is 10.5. The summed E-state index contributed by atoms with van der Waals surface area (Å²) < 4.78 is 0. The van der Waals surface area contributed by atoms with E-state index in [-0.39, 0.29) is 17.7 Å². The van der Waals surface area contributed by atoms with E-state index >= 15 is 0 Å². The molecule has 0 saturated heterocycles. The predicted molar refractivity (Wildman–Crippen MR) is 88.5 cm³/mol. The Hall–Kier alpha value is -1.20. The van der Waals surface area contributed by atoms with E-state index in [9.17, 15) is 9.59 Å². The van der Waals surface area contributed by atoms with Crippen LogP contribution in [0.3, 0.4) is 0 Å². The van der Waals surface area contributed by atoms with Crippen molar-refractivity contribution in [2.24, 2.45) is 5.92 Å². The molecule has 0 aliphatic heterocycles. The summed E-state index contributed by atoms with van der Waals surface area (Å²) in [7, 11) is 0. The second-order valence-corrected chi connectivity index (χ2v) is 6.34. The van der Waals surface area contributed by atoms with Gasteiger partial charge in [0.2, 0.25) is 11.8 Å². The summed E-state index contributed by atoms with van der Waals surface area (Å²) >= 11 is 7.36. The van der Waals surface area contributed by atoms with E-state index in [0.717, 1.165) is 11.3 Å². The van der Waals surface area contributed by atoms with Gasteiger partial charge < -0.3 is 10.6 Å². The number of benzene rings is 1. The summed E-state index contributed by atoms with van der Waals surface area (Å²) in [6, 6.07) is 7.59. The molecule has 0 atom stereocenters. The number of halogens is 1. The first-order valence-electron chi connectivity index (χ1n) is 6.85. The molecule has 0 aliphatic carbocycles. The van der Waals surface area contributed by atoms with Gasteiger partial charge in [-0.15, -0.1) is 11.8 Å². The molecule has 0 heterocycles. The van der Waals surface area contributed by atoms with Gasteiger partial charge in [0.1, 0.15) is 0 Å². The van der Waals surface area contributed by atoms with Gasteiger partial charge in [0.15, 0.2) is 0 Å². The van der Waals surface area contributed by atoms with Crippen molar-refractivity contribution < 1.29 is 9.59 Å². The molecule has 0 aromatic heterocycles. The minimum absolute atomic E-state index is 0.00126. The molecule has 0 saturated carbocycles. The number of carbonyl (C=O) groups is 2. The van der Waals surface area contributed by atoms with Crippen molar-refractivity contribution in [3.8, 4) is 0 Å². The third-order valence-corrected chi connectivity index (χ3v) is 3.94. The second kappa shape index (κ2) is 9.68. The van der Waals surface area contributed by atoms with E-state index < -0.39 is 0 Å². The lowest BCUT2D eigenvalue weighted by Gasteiger charge is -2.08. The lowest BCUT2D eigenvalue weighted by molar-refractivity contribution is -0.124. The summed E-state index contributed by atoms with van der Waals surface area (Å²) in [6.45, 7) is 4.59. The van der Waals surface area contributed by atoms with E-state index in [1.54, 1.807) is 11.8 Å². The molecule has 1 aromatic carbocycles. The number of rotatable bonds is 8. The third kappa shape index (κ3) is 7.97. The fraction of sp³-hybridized carbons (Fsp3) is 0.467. The van der Waals surface area contributed by atoms with Gasteiger partial charge in [0, 0.05) is 29.8 Å². The Balaban J connectivity index is 2.09. The topological polar surface area (TPSA) is 58.2 Å². The molecule has 116 valence electrons. The predicted octanol–water partition coefficient (Wildman–Crippen LogP) is 2.46. The lowest BCUT2D eigenvalue weighted by Crippen LogP contribution is -2.36. The molecule has 2 amide bonds. The largest absolute Gasteiger partial charge is 0.354 e. The summed E-state index contributed by atoms with van der Waals surface area (Å²) in [6.07, 6.45) is 0. The number of hydrogen-bond acceptors (Lipinski definition) is 3. The zero-order valence-electron chi connectivity index (χ0n) is 12.3. The van der Waals surface area contributed by atoms with Gasteiger partial charge in [-0.05, 0) is 17.7 Å². The molecule has 0 radical (unpaired) electrons. The molecule has 6 heteroatoms. The van der Waals surface area contributed by atoms with Gasteiger partial charge in [-0.3, -0.25) is 9.59 Å². The summed E-state index contributed by atoms with van der Waals surface area (Å²) in [4.78, 5) is 22.9. The van der Waals surface area contributed by atoms with E-state index in [4.69, 9.17) is 11.6 Å². The Bertz CT molecular complexity index is 463. The van der Waals surface area contributed by atoms with E-state index in [2.05, 4.69) is 10.6 Å². The first-order chi connectivity index (χ1) is 9.99. The highest BCUT2D eigenvalue weighted by molar-refractivity contribution is 7.99. The number of amides is 2. The SMILES string of the molecule is CC(C)C(=O)NCCNC(=O)CSCc1ccc(Cl)cc1. The molecular formula is C15H21ClN2O2S.